The number of pyridine rings is 1. The molecule has 2 rings (SSSR count). The van der Waals surface area contributed by atoms with E-state index in [9.17, 15) is 0 Å². The van der Waals surface area contributed by atoms with Gasteiger partial charge < -0.3 is 4.74 Å². The van der Waals surface area contributed by atoms with Gasteiger partial charge in [-0.3, -0.25) is 0 Å². The molecule has 1 aliphatic carbocycles. The van der Waals surface area contributed by atoms with Gasteiger partial charge in [0.25, 0.3) is 0 Å². The molecule has 1 aliphatic rings. The number of hydrogen-bond donors (Lipinski definition) is 0. The van der Waals surface area contributed by atoms with Gasteiger partial charge in [-0.25, -0.2) is 4.98 Å². The Morgan fingerprint density at radius 2 is 2.17 bits per heavy atom. The standard InChI is InChI=1S/C8H7Cl2NO/c9-6-3-8(10)11-4-7(6)12-5-1-2-5/h3-5H,1-2H2. The van der Waals surface area contributed by atoms with Crippen LogP contribution in [0.5, 0.6) is 5.75 Å². The van der Waals surface area contributed by atoms with Crippen LogP contribution >= 0.6 is 23.2 Å². The van der Waals surface area contributed by atoms with Crippen LogP contribution in [0.4, 0.5) is 0 Å². The second-order valence-corrected chi connectivity index (χ2v) is 3.55. The third-order valence-corrected chi connectivity index (χ3v) is 2.11. The second-order valence-electron chi connectivity index (χ2n) is 2.75. The van der Waals surface area contributed by atoms with Crippen LogP contribution in [0.2, 0.25) is 10.2 Å². The molecule has 0 saturated heterocycles. The zero-order chi connectivity index (χ0) is 8.55. The van der Waals surface area contributed by atoms with Crippen LogP contribution in [-0.2, 0) is 0 Å². The Kier molecular flexibility index (Phi) is 2.11. The minimum absolute atomic E-state index is 0.338. The predicted molar refractivity (Wildman–Crippen MR) is 47.9 cm³/mol. The van der Waals surface area contributed by atoms with Gasteiger partial charge in [-0.1, -0.05) is 23.2 Å². The van der Waals surface area contributed by atoms with Gasteiger partial charge in [0.1, 0.15) is 5.15 Å². The SMILES string of the molecule is Clc1cc(Cl)c(OC2CC2)cn1. The third-order valence-electron chi connectivity index (χ3n) is 1.60. The number of nitrogens with zero attached hydrogens (tertiary/aromatic N) is 1. The molecular weight excluding hydrogens is 197 g/mol. The van der Waals surface area contributed by atoms with Gasteiger partial charge in [0, 0.05) is 0 Å². The molecule has 4 heteroatoms. The van der Waals surface area contributed by atoms with Gasteiger partial charge >= 0.3 is 0 Å². The van der Waals surface area contributed by atoms with Crippen molar-refractivity contribution in [3.8, 4) is 5.75 Å². The first kappa shape index (κ1) is 8.14. The maximum absolute atomic E-state index is 5.85. The lowest BCUT2D eigenvalue weighted by atomic mass is 10.4. The van der Waals surface area contributed by atoms with E-state index in [2.05, 4.69) is 4.98 Å². The molecule has 0 aromatic carbocycles. The number of ether oxygens (including phenoxy) is 1. The number of rotatable bonds is 2. The molecule has 1 heterocycles. The van der Waals surface area contributed by atoms with Crippen LogP contribution in [-0.4, -0.2) is 11.1 Å². The van der Waals surface area contributed by atoms with E-state index in [-0.39, 0.29) is 0 Å². The van der Waals surface area contributed by atoms with Crippen LogP contribution in [0.1, 0.15) is 12.8 Å². The Hall–Kier alpha value is -0.470. The minimum Gasteiger partial charge on any atom is -0.487 e. The summed E-state index contributed by atoms with van der Waals surface area (Å²) in [6.45, 7) is 0. The molecule has 1 aromatic rings. The Morgan fingerprint density at radius 1 is 1.42 bits per heavy atom. The first-order chi connectivity index (χ1) is 5.75. The van der Waals surface area contributed by atoms with Crippen molar-refractivity contribution in [2.75, 3.05) is 0 Å². The summed E-state index contributed by atoms with van der Waals surface area (Å²) in [7, 11) is 0. The first-order valence-electron chi connectivity index (χ1n) is 3.73. The smallest absolute Gasteiger partial charge is 0.156 e. The maximum Gasteiger partial charge on any atom is 0.156 e. The van der Waals surface area contributed by atoms with Crippen LogP contribution in [0.25, 0.3) is 0 Å². The number of hydrogen-bond acceptors (Lipinski definition) is 2. The summed E-state index contributed by atoms with van der Waals surface area (Å²) < 4.78 is 5.46. The molecule has 0 amide bonds. The highest BCUT2D eigenvalue weighted by Gasteiger charge is 2.24. The summed E-state index contributed by atoms with van der Waals surface area (Å²) in [5.74, 6) is 0.628. The van der Waals surface area contributed by atoms with E-state index >= 15 is 0 Å². The van der Waals surface area contributed by atoms with Crippen LogP contribution < -0.4 is 4.74 Å². The Labute approximate surface area is 80.5 Å². The van der Waals surface area contributed by atoms with Gasteiger partial charge in [0.05, 0.1) is 17.3 Å². The fourth-order valence-electron chi connectivity index (χ4n) is 0.847. The van der Waals surface area contributed by atoms with Crippen molar-refractivity contribution in [1.29, 1.82) is 0 Å². The summed E-state index contributed by atoms with van der Waals surface area (Å²) in [6, 6.07) is 1.58. The monoisotopic (exact) mass is 203 g/mol. The van der Waals surface area contributed by atoms with E-state index in [0.717, 1.165) is 12.8 Å². The molecule has 1 aromatic heterocycles. The zero-order valence-corrected chi connectivity index (χ0v) is 7.77. The van der Waals surface area contributed by atoms with Crippen LogP contribution in [0.15, 0.2) is 12.3 Å². The summed E-state index contributed by atoms with van der Waals surface area (Å²) in [5.41, 5.74) is 0. The number of aromatic nitrogens is 1. The largest absolute Gasteiger partial charge is 0.487 e. The van der Waals surface area contributed by atoms with Crippen molar-refractivity contribution < 1.29 is 4.74 Å². The average molecular weight is 204 g/mol. The molecule has 0 unspecified atom stereocenters. The Bertz CT molecular complexity index is 299. The van der Waals surface area contributed by atoms with Gasteiger partial charge in [0.2, 0.25) is 0 Å². The molecule has 0 radical (unpaired) electrons. The highest BCUT2D eigenvalue weighted by atomic mass is 35.5. The zero-order valence-electron chi connectivity index (χ0n) is 6.26. The van der Waals surface area contributed by atoms with Crippen molar-refractivity contribution in [2.45, 2.75) is 18.9 Å². The highest BCUT2D eigenvalue weighted by Crippen LogP contribution is 2.32. The summed E-state index contributed by atoms with van der Waals surface area (Å²) >= 11 is 11.5. The highest BCUT2D eigenvalue weighted by molar-refractivity contribution is 6.34. The van der Waals surface area contributed by atoms with Crippen molar-refractivity contribution >= 4 is 23.2 Å². The van der Waals surface area contributed by atoms with Crippen molar-refractivity contribution in [3.05, 3.63) is 22.4 Å². The van der Waals surface area contributed by atoms with E-state index in [1.54, 1.807) is 12.3 Å². The third kappa shape index (κ3) is 1.82. The fourth-order valence-corrected chi connectivity index (χ4v) is 1.26. The predicted octanol–water partition coefficient (Wildman–Crippen LogP) is 2.93. The molecule has 1 saturated carbocycles. The van der Waals surface area contributed by atoms with E-state index in [1.807, 2.05) is 0 Å². The van der Waals surface area contributed by atoms with E-state index in [1.165, 1.54) is 0 Å². The molecular formula is C8H7Cl2NO. The lowest BCUT2D eigenvalue weighted by Gasteiger charge is -2.04. The Balaban J connectivity index is 2.18. The topological polar surface area (TPSA) is 22.1 Å². The van der Waals surface area contributed by atoms with Gasteiger partial charge in [-0.05, 0) is 18.9 Å². The molecule has 0 aliphatic heterocycles. The molecule has 0 atom stereocenters. The maximum atomic E-state index is 5.85. The van der Waals surface area contributed by atoms with Gasteiger partial charge in [0.15, 0.2) is 5.75 Å². The number of halogens is 2. The van der Waals surface area contributed by atoms with E-state index < -0.39 is 0 Å². The van der Waals surface area contributed by atoms with Gasteiger partial charge in [-0.2, -0.15) is 0 Å². The molecule has 12 heavy (non-hydrogen) atoms. The molecule has 0 bridgehead atoms. The quantitative estimate of drug-likeness (QED) is 0.691. The second kappa shape index (κ2) is 3.11. The van der Waals surface area contributed by atoms with Crippen LogP contribution in [0.3, 0.4) is 0 Å². The van der Waals surface area contributed by atoms with Crippen molar-refractivity contribution in [3.63, 3.8) is 0 Å². The molecule has 2 nitrogen and oxygen atoms in total. The average Bonchev–Trinajstić information content (AvgIpc) is 2.79. The summed E-state index contributed by atoms with van der Waals surface area (Å²) in [5, 5.41) is 0.921. The van der Waals surface area contributed by atoms with E-state index in [0.29, 0.717) is 22.0 Å². The molecule has 64 valence electrons. The summed E-state index contributed by atoms with van der Waals surface area (Å²) in [4.78, 5) is 3.88. The van der Waals surface area contributed by atoms with E-state index in [4.69, 9.17) is 27.9 Å². The lowest BCUT2D eigenvalue weighted by molar-refractivity contribution is 0.302. The Morgan fingerprint density at radius 3 is 2.75 bits per heavy atom. The lowest BCUT2D eigenvalue weighted by Crippen LogP contribution is -1.96. The van der Waals surface area contributed by atoms with Gasteiger partial charge in [-0.15, -0.1) is 0 Å². The first-order valence-corrected chi connectivity index (χ1v) is 4.49. The fraction of sp³-hybridized carbons (Fsp3) is 0.375. The summed E-state index contributed by atoms with van der Waals surface area (Å²) in [6.07, 6.45) is 4.12. The molecule has 1 fully saturated rings. The molecule has 0 spiro atoms. The normalized spacial score (nSPS) is 16.2. The minimum atomic E-state index is 0.338. The van der Waals surface area contributed by atoms with Crippen molar-refractivity contribution in [1.82, 2.24) is 4.98 Å². The molecule has 0 N–H and O–H groups in total. The van der Waals surface area contributed by atoms with Crippen molar-refractivity contribution in [2.24, 2.45) is 0 Å². The van der Waals surface area contributed by atoms with Crippen LogP contribution in [0, 0.1) is 0 Å².